The van der Waals surface area contributed by atoms with Crippen molar-refractivity contribution in [2.24, 2.45) is 0 Å². The van der Waals surface area contributed by atoms with Gasteiger partial charge in [-0.05, 0) is 36.6 Å². The van der Waals surface area contributed by atoms with Gasteiger partial charge in [0.1, 0.15) is 5.75 Å². The molecule has 0 aliphatic heterocycles. The highest BCUT2D eigenvalue weighted by atomic mass is 16.3. The van der Waals surface area contributed by atoms with Gasteiger partial charge in [-0.25, -0.2) is 0 Å². The number of rotatable bonds is 7. The van der Waals surface area contributed by atoms with Crippen LogP contribution in [0.4, 0.5) is 5.69 Å². The average molecular weight is 328 g/mol. The first kappa shape index (κ1) is 18.0. The maximum Gasteiger partial charge on any atom is 0.221 e. The van der Waals surface area contributed by atoms with E-state index in [1.807, 2.05) is 18.2 Å². The number of aliphatic hydroxyl groups excluding tert-OH is 1. The highest BCUT2D eigenvalue weighted by Gasteiger charge is 2.13. The first-order valence-corrected chi connectivity index (χ1v) is 8.01. The zero-order chi connectivity index (χ0) is 17.5. The molecule has 2 aromatic carbocycles. The van der Waals surface area contributed by atoms with Gasteiger partial charge < -0.3 is 20.8 Å². The lowest BCUT2D eigenvalue weighted by Gasteiger charge is -2.18. The largest absolute Gasteiger partial charge is 0.506 e. The van der Waals surface area contributed by atoms with Crippen molar-refractivity contribution in [3.05, 3.63) is 59.7 Å². The molecule has 5 nitrogen and oxygen atoms in total. The quantitative estimate of drug-likeness (QED) is 0.589. The van der Waals surface area contributed by atoms with E-state index in [1.54, 1.807) is 12.1 Å². The van der Waals surface area contributed by atoms with E-state index < -0.39 is 6.10 Å². The van der Waals surface area contributed by atoms with Gasteiger partial charge in [0.2, 0.25) is 5.91 Å². The zero-order valence-electron chi connectivity index (χ0n) is 14.0. The third kappa shape index (κ3) is 5.37. The van der Waals surface area contributed by atoms with Crippen LogP contribution in [0.25, 0.3) is 0 Å². The number of hydrogen-bond donors (Lipinski definition) is 4. The molecule has 0 unspecified atom stereocenters. The SMILES string of the molecule is CC(=O)Nc1cc([C@@H](O)CN[C@H](C)Cc2ccccc2)ccc1O. The highest BCUT2D eigenvalue weighted by molar-refractivity contribution is 5.90. The number of phenols is 1. The second-order valence-corrected chi connectivity index (χ2v) is 5.97. The van der Waals surface area contributed by atoms with E-state index in [1.165, 1.54) is 18.6 Å². The minimum atomic E-state index is -0.726. The molecule has 5 heteroatoms. The molecule has 0 heterocycles. The van der Waals surface area contributed by atoms with Crippen molar-refractivity contribution >= 4 is 11.6 Å². The Hall–Kier alpha value is -2.37. The minimum absolute atomic E-state index is 0.0217. The number of aromatic hydroxyl groups is 1. The molecule has 0 aliphatic carbocycles. The van der Waals surface area contributed by atoms with E-state index in [2.05, 4.69) is 29.7 Å². The summed E-state index contributed by atoms with van der Waals surface area (Å²) in [5.74, 6) is -0.293. The molecular weight excluding hydrogens is 304 g/mol. The second kappa shape index (κ2) is 8.47. The van der Waals surface area contributed by atoms with Crippen LogP contribution in [0.1, 0.15) is 31.1 Å². The normalized spacial score (nSPS) is 13.3. The Morgan fingerprint density at radius 3 is 2.54 bits per heavy atom. The van der Waals surface area contributed by atoms with E-state index >= 15 is 0 Å². The van der Waals surface area contributed by atoms with Crippen LogP contribution < -0.4 is 10.6 Å². The third-order valence-corrected chi connectivity index (χ3v) is 3.76. The predicted octanol–water partition coefficient (Wildman–Crippen LogP) is 2.60. The number of nitrogens with one attached hydrogen (secondary N) is 2. The summed E-state index contributed by atoms with van der Waals surface area (Å²) in [5, 5.41) is 25.9. The summed E-state index contributed by atoms with van der Waals surface area (Å²) in [5.41, 5.74) is 2.18. The first-order valence-electron chi connectivity index (χ1n) is 8.01. The predicted molar refractivity (Wildman–Crippen MR) is 95.0 cm³/mol. The summed E-state index contributed by atoms with van der Waals surface area (Å²) in [7, 11) is 0. The summed E-state index contributed by atoms with van der Waals surface area (Å²) in [6, 6.07) is 15.1. The number of phenolic OH excluding ortho intramolecular Hbond substituents is 1. The Labute approximate surface area is 142 Å². The molecule has 2 atom stereocenters. The van der Waals surface area contributed by atoms with E-state index in [9.17, 15) is 15.0 Å². The standard InChI is InChI=1S/C19H24N2O3/c1-13(10-15-6-4-3-5-7-15)20-12-19(24)16-8-9-18(23)17(11-16)21-14(2)22/h3-9,11,13,19-20,23-24H,10,12H2,1-2H3,(H,21,22)/t13-,19+/m1/s1. The van der Waals surface area contributed by atoms with Crippen LogP contribution in [0.15, 0.2) is 48.5 Å². The Kier molecular flexibility index (Phi) is 6.35. The van der Waals surface area contributed by atoms with E-state index in [0.717, 1.165) is 6.42 Å². The molecule has 0 aliphatic rings. The number of aliphatic hydroxyl groups is 1. The Balaban J connectivity index is 1.92. The Bertz CT molecular complexity index is 674. The fourth-order valence-corrected chi connectivity index (χ4v) is 2.52. The number of carbonyl (C=O) groups excluding carboxylic acids is 1. The summed E-state index contributed by atoms with van der Waals surface area (Å²) < 4.78 is 0. The monoisotopic (exact) mass is 328 g/mol. The van der Waals surface area contributed by atoms with Crippen molar-refractivity contribution in [3.63, 3.8) is 0 Å². The zero-order valence-corrected chi connectivity index (χ0v) is 14.0. The molecule has 2 rings (SSSR count). The minimum Gasteiger partial charge on any atom is -0.506 e. The average Bonchev–Trinajstić information content (AvgIpc) is 2.55. The number of anilines is 1. The van der Waals surface area contributed by atoms with E-state index in [-0.39, 0.29) is 17.7 Å². The summed E-state index contributed by atoms with van der Waals surface area (Å²) in [4.78, 5) is 11.1. The molecule has 0 fully saturated rings. The molecule has 0 radical (unpaired) electrons. The highest BCUT2D eigenvalue weighted by Crippen LogP contribution is 2.27. The lowest BCUT2D eigenvalue weighted by Crippen LogP contribution is -2.32. The van der Waals surface area contributed by atoms with Gasteiger partial charge in [-0.15, -0.1) is 0 Å². The topological polar surface area (TPSA) is 81.6 Å². The van der Waals surface area contributed by atoms with Gasteiger partial charge in [0.15, 0.2) is 0 Å². The van der Waals surface area contributed by atoms with Crippen LogP contribution in [-0.4, -0.2) is 28.7 Å². The molecule has 128 valence electrons. The smallest absolute Gasteiger partial charge is 0.221 e. The van der Waals surface area contributed by atoms with Crippen molar-refractivity contribution in [1.82, 2.24) is 5.32 Å². The van der Waals surface area contributed by atoms with Gasteiger partial charge in [-0.1, -0.05) is 36.4 Å². The maximum atomic E-state index is 11.1. The van der Waals surface area contributed by atoms with Crippen LogP contribution in [0.2, 0.25) is 0 Å². The van der Waals surface area contributed by atoms with Crippen molar-refractivity contribution in [3.8, 4) is 5.75 Å². The van der Waals surface area contributed by atoms with Crippen LogP contribution in [-0.2, 0) is 11.2 Å². The molecule has 0 spiro atoms. The number of amides is 1. The van der Waals surface area contributed by atoms with Crippen LogP contribution in [0, 0.1) is 0 Å². The Morgan fingerprint density at radius 1 is 1.17 bits per heavy atom. The molecule has 0 saturated carbocycles. The van der Waals surface area contributed by atoms with Crippen molar-refractivity contribution < 1.29 is 15.0 Å². The van der Waals surface area contributed by atoms with Gasteiger partial charge in [-0.2, -0.15) is 0 Å². The molecule has 0 bridgehead atoms. The van der Waals surface area contributed by atoms with E-state index in [4.69, 9.17) is 0 Å². The summed E-state index contributed by atoms with van der Waals surface area (Å²) >= 11 is 0. The Morgan fingerprint density at radius 2 is 1.88 bits per heavy atom. The molecular formula is C19H24N2O3. The molecule has 0 aromatic heterocycles. The molecule has 1 amide bonds. The lowest BCUT2D eigenvalue weighted by molar-refractivity contribution is -0.114. The number of carbonyl (C=O) groups is 1. The van der Waals surface area contributed by atoms with Crippen molar-refractivity contribution in [1.29, 1.82) is 0 Å². The van der Waals surface area contributed by atoms with Gasteiger partial charge in [0.25, 0.3) is 0 Å². The van der Waals surface area contributed by atoms with Gasteiger partial charge in [0.05, 0.1) is 11.8 Å². The molecule has 24 heavy (non-hydrogen) atoms. The van der Waals surface area contributed by atoms with Gasteiger partial charge in [0, 0.05) is 19.5 Å². The number of hydrogen-bond acceptors (Lipinski definition) is 4. The van der Waals surface area contributed by atoms with Gasteiger partial charge >= 0.3 is 0 Å². The first-order chi connectivity index (χ1) is 11.5. The second-order valence-electron chi connectivity index (χ2n) is 5.97. The third-order valence-electron chi connectivity index (χ3n) is 3.76. The van der Waals surface area contributed by atoms with Crippen molar-refractivity contribution in [2.45, 2.75) is 32.4 Å². The van der Waals surface area contributed by atoms with Crippen molar-refractivity contribution in [2.75, 3.05) is 11.9 Å². The fourth-order valence-electron chi connectivity index (χ4n) is 2.52. The molecule has 2 aromatic rings. The van der Waals surface area contributed by atoms with Crippen LogP contribution in [0.5, 0.6) is 5.75 Å². The maximum absolute atomic E-state index is 11.1. The van der Waals surface area contributed by atoms with Gasteiger partial charge in [-0.3, -0.25) is 4.79 Å². The molecule has 0 saturated heterocycles. The fraction of sp³-hybridized carbons (Fsp3) is 0.316. The van der Waals surface area contributed by atoms with Crippen LogP contribution >= 0.6 is 0 Å². The summed E-state index contributed by atoms with van der Waals surface area (Å²) in [6.07, 6.45) is 0.150. The van der Waals surface area contributed by atoms with Crippen LogP contribution in [0.3, 0.4) is 0 Å². The summed E-state index contributed by atoms with van der Waals surface area (Å²) in [6.45, 7) is 3.83. The number of benzene rings is 2. The lowest BCUT2D eigenvalue weighted by atomic mass is 10.1. The van der Waals surface area contributed by atoms with E-state index in [0.29, 0.717) is 17.8 Å². The molecule has 4 N–H and O–H groups in total.